The number of carboxylic acid groups (broad SMARTS) is 1. The molecule has 1 heterocycles. The Balaban J connectivity index is 2.53. The number of hydrogen-bond donors (Lipinski definition) is 1. The largest absolute Gasteiger partial charge is 0.492 e. The highest BCUT2D eigenvalue weighted by Gasteiger charge is 2.22. The third-order valence-corrected chi connectivity index (χ3v) is 3.29. The molecular formula is C9H4Br2N4O4. The van der Waals surface area contributed by atoms with Crippen LogP contribution in [0.25, 0.3) is 5.69 Å². The van der Waals surface area contributed by atoms with Crippen LogP contribution in [0.1, 0.15) is 10.4 Å². The Bertz CT molecular complexity index is 685. The molecule has 0 fully saturated rings. The van der Waals surface area contributed by atoms with E-state index in [9.17, 15) is 14.9 Å². The fourth-order valence-corrected chi connectivity index (χ4v) is 2.30. The first kappa shape index (κ1) is 13.6. The molecule has 1 aromatic heterocycles. The van der Waals surface area contributed by atoms with Crippen molar-refractivity contribution in [3.05, 3.63) is 43.1 Å². The monoisotopic (exact) mass is 390 g/mol. The van der Waals surface area contributed by atoms with E-state index in [1.807, 2.05) is 0 Å². The Morgan fingerprint density at radius 1 is 1.42 bits per heavy atom. The third-order valence-electron chi connectivity index (χ3n) is 2.14. The number of rotatable bonds is 3. The van der Waals surface area contributed by atoms with Gasteiger partial charge < -0.3 is 15.2 Å². The molecule has 0 atom stereocenters. The molecule has 2 aromatic rings. The molecule has 0 aliphatic carbocycles. The maximum atomic E-state index is 10.8. The molecule has 0 saturated heterocycles. The van der Waals surface area contributed by atoms with Crippen LogP contribution < -0.4 is 0 Å². The molecule has 0 amide bonds. The lowest BCUT2D eigenvalue weighted by molar-refractivity contribution is -0.394. The highest BCUT2D eigenvalue weighted by molar-refractivity contribution is 9.10. The third kappa shape index (κ3) is 2.63. The van der Waals surface area contributed by atoms with E-state index in [0.29, 0.717) is 10.2 Å². The Labute approximate surface area is 122 Å². The first-order chi connectivity index (χ1) is 8.90. The van der Waals surface area contributed by atoms with Crippen molar-refractivity contribution in [3.63, 3.8) is 0 Å². The van der Waals surface area contributed by atoms with Gasteiger partial charge in [0.25, 0.3) is 4.73 Å². The predicted molar refractivity (Wildman–Crippen MR) is 70.4 cm³/mol. The summed E-state index contributed by atoms with van der Waals surface area (Å²) >= 11 is 6.24. The lowest BCUT2D eigenvalue weighted by Crippen LogP contribution is -2.02. The summed E-state index contributed by atoms with van der Waals surface area (Å²) in [6.45, 7) is 0. The van der Waals surface area contributed by atoms with Crippen LogP contribution in [-0.4, -0.2) is 30.8 Å². The number of aromatic nitrogens is 3. The van der Waals surface area contributed by atoms with Crippen molar-refractivity contribution in [2.24, 2.45) is 0 Å². The number of nitro groups is 1. The van der Waals surface area contributed by atoms with Crippen molar-refractivity contribution in [2.45, 2.75) is 0 Å². The van der Waals surface area contributed by atoms with Crippen molar-refractivity contribution in [1.29, 1.82) is 0 Å². The number of hydrogen-bond acceptors (Lipinski definition) is 5. The summed E-state index contributed by atoms with van der Waals surface area (Å²) in [6, 6.07) is 4.21. The highest BCUT2D eigenvalue weighted by atomic mass is 79.9. The van der Waals surface area contributed by atoms with Gasteiger partial charge in [0.15, 0.2) is 0 Å². The number of halogens is 2. The minimum atomic E-state index is -1.07. The summed E-state index contributed by atoms with van der Waals surface area (Å²) in [5, 5.41) is 23.1. The Morgan fingerprint density at radius 2 is 2.11 bits per heavy atom. The van der Waals surface area contributed by atoms with Gasteiger partial charge in [0.1, 0.15) is 0 Å². The van der Waals surface area contributed by atoms with Crippen LogP contribution >= 0.6 is 31.9 Å². The van der Waals surface area contributed by atoms with Gasteiger partial charge in [-0.15, -0.1) is 4.68 Å². The van der Waals surface area contributed by atoms with E-state index in [1.165, 1.54) is 22.9 Å². The molecule has 98 valence electrons. The van der Waals surface area contributed by atoms with Gasteiger partial charge in [-0.05, 0) is 44.0 Å². The van der Waals surface area contributed by atoms with E-state index >= 15 is 0 Å². The average Bonchev–Trinajstić information content (AvgIpc) is 2.71. The van der Waals surface area contributed by atoms with E-state index < -0.39 is 16.8 Å². The van der Waals surface area contributed by atoms with E-state index in [1.54, 1.807) is 0 Å². The second kappa shape index (κ2) is 5.05. The fourth-order valence-electron chi connectivity index (χ4n) is 1.33. The van der Waals surface area contributed by atoms with E-state index in [0.717, 1.165) is 0 Å². The van der Waals surface area contributed by atoms with Crippen LogP contribution in [-0.2, 0) is 0 Å². The number of carboxylic acids is 1. The van der Waals surface area contributed by atoms with Crippen LogP contribution in [0.4, 0.5) is 5.95 Å². The van der Waals surface area contributed by atoms with E-state index in [-0.39, 0.29) is 10.3 Å². The normalized spacial score (nSPS) is 10.4. The van der Waals surface area contributed by atoms with Gasteiger partial charge in [0.2, 0.25) is 0 Å². The standard InChI is InChI=1S/C9H4Br2N4O4/c10-5-3-4(7(16)17)1-2-6(5)14-8(11)12-9(13-14)15(18)19/h1-3H,(H,16,17). The van der Waals surface area contributed by atoms with Crippen LogP contribution in [0.2, 0.25) is 0 Å². The zero-order valence-corrected chi connectivity index (χ0v) is 12.1. The van der Waals surface area contributed by atoms with Crippen LogP contribution in [0.3, 0.4) is 0 Å². The summed E-state index contributed by atoms with van der Waals surface area (Å²) in [5.74, 6) is -1.63. The molecule has 1 N–H and O–H groups in total. The van der Waals surface area contributed by atoms with Crippen LogP contribution in [0.5, 0.6) is 0 Å². The van der Waals surface area contributed by atoms with Crippen molar-refractivity contribution in [1.82, 2.24) is 14.8 Å². The van der Waals surface area contributed by atoms with Crippen molar-refractivity contribution >= 4 is 43.8 Å². The van der Waals surface area contributed by atoms with Crippen LogP contribution in [0.15, 0.2) is 27.4 Å². The Hall–Kier alpha value is -1.81. The van der Waals surface area contributed by atoms with Crippen molar-refractivity contribution in [2.75, 3.05) is 0 Å². The minimum absolute atomic E-state index is 0.0846. The van der Waals surface area contributed by atoms with Crippen LogP contribution in [0, 0.1) is 10.1 Å². The number of carbonyl (C=O) groups is 1. The maximum absolute atomic E-state index is 10.8. The minimum Gasteiger partial charge on any atom is -0.478 e. The van der Waals surface area contributed by atoms with Gasteiger partial charge in [-0.3, -0.25) is 0 Å². The first-order valence-electron chi connectivity index (χ1n) is 4.70. The molecule has 0 bridgehead atoms. The van der Waals surface area contributed by atoms with E-state index in [2.05, 4.69) is 41.9 Å². The summed E-state index contributed by atoms with van der Waals surface area (Å²) in [5.41, 5.74) is 0.513. The smallest absolute Gasteiger partial charge is 0.478 e. The molecule has 10 heteroatoms. The van der Waals surface area contributed by atoms with Gasteiger partial charge in [-0.1, -0.05) is 0 Å². The fraction of sp³-hybridized carbons (Fsp3) is 0. The maximum Gasteiger partial charge on any atom is 0.492 e. The molecule has 2 rings (SSSR count). The average molecular weight is 392 g/mol. The molecule has 0 aliphatic rings. The Morgan fingerprint density at radius 3 is 2.58 bits per heavy atom. The second-order valence-corrected chi connectivity index (χ2v) is 4.88. The van der Waals surface area contributed by atoms with Gasteiger partial charge in [0, 0.05) is 25.5 Å². The molecule has 0 spiro atoms. The Kier molecular flexibility index (Phi) is 3.62. The topological polar surface area (TPSA) is 111 Å². The van der Waals surface area contributed by atoms with E-state index in [4.69, 9.17) is 5.11 Å². The SMILES string of the molecule is O=C(O)c1ccc(-n2nc([N+](=O)[O-])nc2Br)c(Br)c1. The predicted octanol–water partition coefficient (Wildman–Crippen LogP) is 2.40. The summed E-state index contributed by atoms with van der Waals surface area (Å²) in [7, 11) is 0. The number of aromatic carboxylic acids is 1. The molecule has 0 aliphatic heterocycles. The zero-order chi connectivity index (χ0) is 14.2. The summed E-state index contributed by atoms with van der Waals surface area (Å²) < 4.78 is 1.75. The quantitative estimate of drug-likeness (QED) is 0.635. The summed E-state index contributed by atoms with van der Waals surface area (Å²) in [4.78, 5) is 24.3. The van der Waals surface area contributed by atoms with Gasteiger partial charge in [-0.2, -0.15) is 0 Å². The molecular weight excluding hydrogens is 388 g/mol. The molecule has 0 saturated carbocycles. The van der Waals surface area contributed by atoms with Crippen molar-refractivity contribution in [3.8, 4) is 5.69 Å². The van der Waals surface area contributed by atoms with Gasteiger partial charge >= 0.3 is 11.9 Å². The molecule has 1 aromatic carbocycles. The number of nitrogens with zero attached hydrogens (tertiary/aromatic N) is 4. The molecule has 19 heavy (non-hydrogen) atoms. The lowest BCUT2D eigenvalue weighted by atomic mass is 10.2. The highest BCUT2D eigenvalue weighted by Crippen LogP contribution is 2.26. The number of benzene rings is 1. The van der Waals surface area contributed by atoms with Gasteiger partial charge in [-0.25, -0.2) is 4.79 Å². The zero-order valence-electron chi connectivity index (χ0n) is 8.95. The molecule has 0 radical (unpaired) electrons. The van der Waals surface area contributed by atoms with Crippen molar-refractivity contribution < 1.29 is 14.8 Å². The first-order valence-corrected chi connectivity index (χ1v) is 6.29. The molecule has 8 nitrogen and oxygen atoms in total. The second-order valence-electron chi connectivity index (χ2n) is 3.32. The lowest BCUT2D eigenvalue weighted by Gasteiger charge is -2.02. The summed E-state index contributed by atoms with van der Waals surface area (Å²) in [6.07, 6.45) is 0. The molecule has 0 unspecified atom stereocenters. The van der Waals surface area contributed by atoms with Gasteiger partial charge in [0.05, 0.1) is 11.3 Å².